The molecule has 1 aliphatic rings. The number of carbonyl (C=O) groups excluding carboxylic acids is 1. The summed E-state index contributed by atoms with van der Waals surface area (Å²) < 4.78 is 5.29. The SMILES string of the molecule is CSCC(C)NC(=O)CC1COCCN1. The fourth-order valence-corrected chi connectivity index (χ4v) is 2.18. The minimum Gasteiger partial charge on any atom is -0.378 e. The molecule has 4 nitrogen and oxygen atoms in total. The minimum atomic E-state index is 0.111. The molecular formula is C10H20N2O2S. The van der Waals surface area contributed by atoms with E-state index in [9.17, 15) is 4.79 Å². The van der Waals surface area contributed by atoms with E-state index in [1.165, 1.54) is 0 Å². The van der Waals surface area contributed by atoms with Crippen molar-refractivity contribution in [3.63, 3.8) is 0 Å². The second-order valence-electron chi connectivity index (χ2n) is 3.85. The van der Waals surface area contributed by atoms with Crippen LogP contribution in [0.2, 0.25) is 0 Å². The molecule has 1 aliphatic heterocycles. The number of thioether (sulfide) groups is 1. The van der Waals surface area contributed by atoms with E-state index in [2.05, 4.69) is 10.6 Å². The van der Waals surface area contributed by atoms with Crippen molar-refractivity contribution >= 4 is 17.7 Å². The van der Waals surface area contributed by atoms with Gasteiger partial charge in [-0.3, -0.25) is 4.79 Å². The van der Waals surface area contributed by atoms with E-state index in [0.29, 0.717) is 13.0 Å². The lowest BCUT2D eigenvalue weighted by Gasteiger charge is -2.24. The van der Waals surface area contributed by atoms with Crippen LogP contribution in [0, 0.1) is 0 Å². The van der Waals surface area contributed by atoms with Crippen LogP contribution < -0.4 is 10.6 Å². The van der Waals surface area contributed by atoms with Crippen molar-refractivity contribution in [2.24, 2.45) is 0 Å². The highest BCUT2D eigenvalue weighted by Gasteiger charge is 2.17. The molecule has 2 atom stereocenters. The largest absolute Gasteiger partial charge is 0.378 e. The van der Waals surface area contributed by atoms with Gasteiger partial charge >= 0.3 is 0 Å². The fraction of sp³-hybridized carbons (Fsp3) is 0.900. The molecule has 1 heterocycles. The molecule has 0 spiro atoms. The first-order chi connectivity index (χ1) is 7.22. The Morgan fingerprint density at radius 2 is 2.53 bits per heavy atom. The summed E-state index contributed by atoms with van der Waals surface area (Å²) in [4.78, 5) is 11.6. The Bertz CT molecular complexity index is 196. The molecule has 0 aromatic heterocycles. The number of morpholine rings is 1. The molecule has 0 aliphatic carbocycles. The molecule has 1 amide bonds. The van der Waals surface area contributed by atoms with Crippen molar-refractivity contribution in [2.45, 2.75) is 25.4 Å². The third-order valence-electron chi connectivity index (χ3n) is 2.25. The zero-order valence-corrected chi connectivity index (χ0v) is 10.2. The Kier molecular flexibility index (Phi) is 6.05. The molecule has 15 heavy (non-hydrogen) atoms. The molecule has 2 unspecified atom stereocenters. The number of amides is 1. The molecular weight excluding hydrogens is 212 g/mol. The first-order valence-electron chi connectivity index (χ1n) is 5.31. The summed E-state index contributed by atoms with van der Waals surface area (Å²) in [7, 11) is 0. The smallest absolute Gasteiger partial charge is 0.221 e. The third kappa shape index (κ3) is 5.39. The Labute approximate surface area is 95.5 Å². The maximum atomic E-state index is 11.6. The number of rotatable bonds is 5. The monoisotopic (exact) mass is 232 g/mol. The van der Waals surface area contributed by atoms with Gasteiger partial charge in [-0.25, -0.2) is 0 Å². The van der Waals surface area contributed by atoms with Crippen molar-refractivity contribution in [3.8, 4) is 0 Å². The second kappa shape index (κ2) is 7.09. The zero-order valence-electron chi connectivity index (χ0n) is 9.41. The van der Waals surface area contributed by atoms with Crippen LogP contribution in [0.1, 0.15) is 13.3 Å². The van der Waals surface area contributed by atoms with Crippen LogP contribution in [0.25, 0.3) is 0 Å². The molecule has 2 N–H and O–H groups in total. The highest BCUT2D eigenvalue weighted by atomic mass is 32.2. The van der Waals surface area contributed by atoms with Crippen molar-refractivity contribution in [3.05, 3.63) is 0 Å². The van der Waals surface area contributed by atoms with Crippen LogP contribution in [0.4, 0.5) is 0 Å². The van der Waals surface area contributed by atoms with Crippen LogP contribution in [0.3, 0.4) is 0 Å². The molecule has 0 radical (unpaired) electrons. The predicted octanol–water partition coefficient (Wildman–Crippen LogP) is 0.233. The summed E-state index contributed by atoms with van der Waals surface area (Å²) in [6.45, 7) is 4.27. The molecule has 0 saturated carbocycles. The van der Waals surface area contributed by atoms with E-state index >= 15 is 0 Å². The van der Waals surface area contributed by atoms with E-state index in [-0.39, 0.29) is 18.0 Å². The molecule has 0 bridgehead atoms. The first-order valence-corrected chi connectivity index (χ1v) is 6.71. The molecule has 5 heteroatoms. The Balaban J connectivity index is 2.16. The maximum absolute atomic E-state index is 11.6. The molecule has 1 fully saturated rings. The summed E-state index contributed by atoms with van der Waals surface area (Å²) in [5, 5.41) is 6.24. The highest BCUT2D eigenvalue weighted by molar-refractivity contribution is 7.98. The van der Waals surface area contributed by atoms with Gasteiger partial charge in [0.2, 0.25) is 5.91 Å². The second-order valence-corrected chi connectivity index (χ2v) is 4.76. The lowest BCUT2D eigenvalue weighted by Crippen LogP contribution is -2.45. The molecule has 1 rings (SSSR count). The predicted molar refractivity (Wildman–Crippen MR) is 63.2 cm³/mol. The summed E-state index contributed by atoms with van der Waals surface area (Å²) >= 11 is 1.74. The minimum absolute atomic E-state index is 0.111. The van der Waals surface area contributed by atoms with E-state index in [0.717, 1.165) is 18.9 Å². The molecule has 0 aromatic rings. The van der Waals surface area contributed by atoms with Gasteiger partial charge in [-0.1, -0.05) is 0 Å². The van der Waals surface area contributed by atoms with Gasteiger partial charge < -0.3 is 15.4 Å². The van der Waals surface area contributed by atoms with Crippen LogP contribution in [-0.4, -0.2) is 49.8 Å². The standard InChI is InChI=1S/C10H20N2O2S/c1-8(7-15-2)12-10(13)5-9-6-14-4-3-11-9/h8-9,11H,3-7H2,1-2H3,(H,12,13). The van der Waals surface area contributed by atoms with Gasteiger partial charge in [-0.2, -0.15) is 11.8 Å². The Hall–Kier alpha value is -0.260. The number of nitrogens with one attached hydrogen (secondary N) is 2. The molecule has 88 valence electrons. The summed E-state index contributed by atoms with van der Waals surface area (Å²) in [5.41, 5.74) is 0. The average molecular weight is 232 g/mol. The molecule has 1 saturated heterocycles. The lowest BCUT2D eigenvalue weighted by atomic mass is 10.2. The number of hydrogen-bond donors (Lipinski definition) is 2. The Morgan fingerprint density at radius 1 is 1.73 bits per heavy atom. The first kappa shape index (κ1) is 12.8. The number of ether oxygens (including phenoxy) is 1. The van der Waals surface area contributed by atoms with E-state index < -0.39 is 0 Å². The summed E-state index contributed by atoms with van der Waals surface area (Å²) in [6, 6.07) is 0.428. The van der Waals surface area contributed by atoms with Gasteiger partial charge in [0.1, 0.15) is 0 Å². The van der Waals surface area contributed by atoms with E-state index in [4.69, 9.17) is 4.74 Å². The normalized spacial score (nSPS) is 23.5. The highest BCUT2D eigenvalue weighted by Crippen LogP contribution is 2.00. The fourth-order valence-electron chi connectivity index (χ4n) is 1.60. The Morgan fingerprint density at radius 3 is 3.13 bits per heavy atom. The van der Waals surface area contributed by atoms with Gasteiger partial charge in [-0.05, 0) is 13.2 Å². The zero-order chi connectivity index (χ0) is 11.1. The van der Waals surface area contributed by atoms with Gasteiger partial charge in [0.25, 0.3) is 0 Å². The van der Waals surface area contributed by atoms with Crippen molar-refractivity contribution in [1.82, 2.24) is 10.6 Å². The lowest BCUT2D eigenvalue weighted by molar-refractivity contribution is -0.122. The van der Waals surface area contributed by atoms with Crippen LogP contribution in [-0.2, 0) is 9.53 Å². The van der Waals surface area contributed by atoms with Crippen LogP contribution in [0.5, 0.6) is 0 Å². The number of hydrogen-bond acceptors (Lipinski definition) is 4. The van der Waals surface area contributed by atoms with E-state index in [1.807, 2.05) is 13.2 Å². The van der Waals surface area contributed by atoms with Crippen LogP contribution in [0.15, 0.2) is 0 Å². The summed E-state index contributed by atoms with van der Waals surface area (Å²) in [6.07, 6.45) is 2.55. The van der Waals surface area contributed by atoms with Gasteiger partial charge in [-0.15, -0.1) is 0 Å². The average Bonchev–Trinajstić information content (AvgIpc) is 2.19. The van der Waals surface area contributed by atoms with Gasteiger partial charge in [0, 0.05) is 30.8 Å². The van der Waals surface area contributed by atoms with Crippen molar-refractivity contribution < 1.29 is 9.53 Å². The maximum Gasteiger partial charge on any atom is 0.221 e. The quantitative estimate of drug-likeness (QED) is 0.712. The third-order valence-corrected chi connectivity index (χ3v) is 3.09. The van der Waals surface area contributed by atoms with Gasteiger partial charge in [0.15, 0.2) is 0 Å². The molecule has 0 aromatic carbocycles. The topological polar surface area (TPSA) is 50.4 Å². The van der Waals surface area contributed by atoms with Gasteiger partial charge in [0.05, 0.1) is 13.2 Å². The van der Waals surface area contributed by atoms with Crippen molar-refractivity contribution in [1.29, 1.82) is 0 Å². The summed E-state index contributed by atoms with van der Waals surface area (Å²) in [5.74, 6) is 1.07. The van der Waals surface area contributed by atoms with E-state index in [1.54, 1.807) is 11.8 Å². The van der Waals surface area contributed by atoms with Crippen molar-refractivity contribution in [2.75, 3.05) is 31.8 Å². The number of carbonyl (C=O) groups is 1. The van der Waals surface area contributed by atoms with Crippen LogP contribution >= 0.6 is 11.8 Å².